The van der Waals surface area contributed by atoms with Gasteiger partial charge in [-0.3, -0.25) is 9.59 Å². The first-order valence-corrected chi connectivity index (χ1v) is 11.9. The highest BCUT2D eigenvalue weighted by Crippen LogP contribution is 2.25. The lowest BCUT2D eigenvalue weighted by Gasteiger charge is -2.08. The maximum atomic E-state index is 13.5. The molecule has 0 unspecified atom stereocenters. The van der Waals surface area contributed by atoms with Crippen molar-refractivity contribution in [2.75, 3.05) is 0 Å². The summed E-state index contributed by atoms with van der Waals surface area (Å²) in [4.78, 5) is 24.4. The zero-order valence-electron chi connectivity index (χ0n) is 19.8. The highest BCUT2D eigenvalue weighted by molar-refractivity contribution is 6.16. The fourth-order valence-electron chi connectivity index (χ4n) is 4.49. The molecule has 0 aliphatic heterocycles. The Morgan fingerprint density at radius 1 is 0.882 bits per heavy atom. The fourth-order valence-corrected chi connectivity index (χ4v) is 4.49. The molecule has 0 bridgehead atoms. The van der Waals surface area contributed by atoms with Crippen LogP contribution in [0.2, 0.25) is 0 Å². The van der Waals surface area contributed by atoms with E-state index in [0.717, 1.165) is 29.3 Å². The van der Waals surface area contributed by atoms with Crippen LogP contribution in [0, 0.1) is 5.92 Å². The van der Waals surface area contributed by atoms with Crippen molar-refractivity contribution in [3.8, 4) is 0 Å². The first-order chi connectivity index (χ1) is 16.4. The third-order valence-corrected chi connectivity index (χ3v) is 6.09. The lowest BCUT2D eigenvalue weighted by molar-refractivity contribution is -0.137. The summed E-state index contributed by atoms with van der Waals surface area (Å²) in [5, 5.41) is 9.86. The molecule has 3 aromatic carbocycles. The summed E-state index contributed by atoms with van der Waals surface area (Å²) in [6.45, 7) is 5.01. The Morgan fingerprint density at radius 2 is 1.62 bits per heavy atom. The minimum absolute atomic E-state index is 0.0117. The number of rotatable bonds is 10. The van der Waals surface area contributed by atoms with Gasteiger partial charge in [-0.15, -0.1) is 0 Å². The van der Waals surface area contributed by atoms with Crippen LogP contribution in [0.3, 0.4) is 0 Å². The molecule has 4 rings (SSSR count). The highest BCUT2D eigenvalue weighted by atomic mass is 16.4. The first kappa shape index (κ1) is 23.5. The van der Waals surface area contributed by atoms with Crippen LogP contribution in [-0.2, 0) is 24.2 Å². The Morgan fingerprint density at radius 3 is 2.35 bits per heavy atom. The normalized spacial score (nSPS) is 11.3. The molecule has 0 aliphatic rings. The molecule has 0 aliphatic carbocycles. The van der Waals surface area contributed by atoms with Gasteiger partial charge in [-0.1, -0.05) is 74.5 Å². The van der Waals surface area contributed by atoms with Gasteiger partial charge in [0.1, 0.15) is 0 Å². The van der Waals surface area contributed by atoms with Gasteiger partial charge in [0.25, 0.3) is 0 Å². The number of aromatic nitrogens is 1. The van der Waals surface area contributed by atoms with E-state index in [9.17, 15) is 9.59 Å². The third kappa shape index (κ3) is 5.63. The number of carbonyl (C=O) groups is 2. The summed E-state index contributed by atoms with van der Waals surface area (Å²) >= 11 is 0. The fraction of sp³-hybridized carbons (Fsp3) is 0.267. The zero-order valence-corrected chi connectivity index (χ0v) is 19.8. The Hall–Kier alpha value is -3.66. The average Bonchev–Trinajstić information content (AvgIpc) is 3.18. The number of ketones is 1. The second-order valence-electron chi connectivity index (χ2n) is 9.37. The van der Waals surface area contributed by atoms with Gasteiger partial charge in [0.15, 0.2) is 5.78 Å². The lowest BCUT2D eigenvalue weighted by Crippen LogP contribution is -2.03. The van der Waals surface area contributed by atoms with Gasteiger partial charge in [-0.05, 0) is 54.0 Å². The number of carbonyl (C=O) groups excluding carboxylic acids is 1. The average molecular weight is 454 g/mol. The van der Waals surface area contributed by atoms with Gasteiger partial charge in [-0.25, -0.2) is 0 Å². The number of carboxylic acids is 1. The van der Waals surface area contributed by atoms with Crippen LogP contribution < -0.4 is 0 Å². The van der Waals surface area contributed by atoms with E-state index >= 15 is 0 Å². The molecule has 174 valence electrons. The Kier molecular flexibility index (Phi) is 7.27. The SMILES string of the molecule is CC(C)Cc1ccc(Cc2cccc(C(=O)c3cn(CCCC(=O)O)c4ccccc34)c2)cc1. The van der Waals surface area contributed by atoms with Crippen LogP contribution in [-0.4, -0.2) is 21.4 Å². The predicted molar refractivity (Wildman–Crippen MR) is 136 cm³/mol. The topological polar surface area (TPSA) is 59.3 Å². The number of aliphatic carboxylic acids is 1. The summed E-state index contributed by atoms with van der Waals surface area (Å²) in [5.74, 6) is -0.182. The molecule has 0 radical (unpaired) electrons. The van der Waals surface area contributed by atoms with E-state index in [2.05, 4.69) is 44.2 Å². The van der Waals surface area contributed by atoms with Gasteiger partial charge in [0, 0.05) is 41.2 Å². The molecule has 0 atom stereocenters. The highest BCUT2D eigenvalue weighted by Gasteiger charge is 2.17. The summed E-state index contributed by atoms with van der Waals surface area (Å²) in [7, 11) is 0. The van der Waals surface area contributed by atoms with Crippen molar-refractivity contribution >= 4 is 22.7 Å². The summed E-state index contributed by atoms with van der Waals surface area (Å²) in [6, 6.07) is 24.4. The van der Waals surface area contributed by atoms with Crippen LogP contribution in [0.1, 0.15) is 59.3 Å². The van der Waals surface area contributed by atoms with E-state index in [1.807, 2.05) is 53.2 Å². The van der Waals surface area contributed by atoms with E-state index in [-0.39, 0.29) is 12.2 Å². The molecule has 1 N–H and O–H groups in total. The van der Waals surface area contributed by atoms with E-state index in [1.54, 1.807) is 0 Å². The van der Waals surface area contributed by atoms with Crippen molar-refractivity contribution in [2.24, 2.45) is 5.92 Å². The number of carboxylic acid groups (broad SMARTS) is 1. The zero-order chi connectivity index (χ0) is 24.1. The smallest absolute Gasteiger partial charge is 0.303 e. The van der Waals surface area contributed by atoms with Crippen molar-refractivity contribution in [1.82, 2.24) is 4.57 Å². The minimum Gasteiger partial charge on any atom is -0.481 e. The molecular weight excluding hydrogens is 422 g/mol. The van der Waals surface area contributed by atoms with Crippen LogP contribution in [0.15, 0.2) is 79.0 Å². The molecule has 4 nitrogen and oxygen atoms in total. The number of fused-ring (bicyclic) bond motifs is 1. The van der Waals surface area contributed by atoms with Crippen LogP contribution in [0.4, 0.5) is 0 Å². The van der Waals surface area contributed by atoms with Crippen LogP contribution in [0.5, 0.6) is 0 Å². The number of hydrogen-bond acceptors (Lipinski definition) is 2. The number of para-hydroxylation sites is 1. The molecule has 1 heterocycles. The number of benzene rings is 3. The van der Waals surface area contributed by atoms with E-state index in [4.69, 9.17) is 5.11 Å². The standard InChI is InChI=1S/C30H31NO3/c1-21(2)17-22-12-14-23(15-13-22)18-24-7-5-8-25(19-24)30(34)27-20-31(16-6-11-29(32)33)28-10-4-3-9-26(27)28/h3-5,7-10,12-15,19-21H,6,11,16-18H2,1-2H3,(H,32,33). The van der Waals surface area contributed by atoms with Gasteiger partial charge in [0.2, 0.25) is 0 Å². The summed E-state index contributed by atoms with van der Waals surface area (Å²) in [6.07, 6.45) is 4.35. The van der Waals surface area contributed by atoms with Gasteiger partial charge in [0.05, 0.1) is 0 Å². The lowest BCUT2D eigenvalue weighted by atomic mass is 9.96. The Labute approximate surface area is 200 Å². The summed E-state index contributed by atoms with van der Waals surface area (Å²) < 4.78 is 1.99. The van der Waals surface area contributed by atoms with Crippen LogP contribution in [0.25, 0.3) is 10.9 Å². The molecule has 0 amide bonds. The van der Waals surface area contributed by atoms with Crippen molar-refractivity contribution in [2.45, 2.75) is 46.1 Å². The molecule has 34 heavy (non-hydrogen) atoms. The second-order valence-corrected chi connectivity index (χ2v) is 9.37. The van der Waals surface area contributed by atoms with E-state index in [1.165, 1.54) is 11.1 Å². The number of aryl methyl sites for hydroxylation is 1. The monoisotopic (exact) mass is 453 g/mol. The molecule has 0 saturated heterocycles. The van der Waals surface area contributed by atoms with E-state index in [0.29, 0.717) is 30.0 Å². The molecule has 0 spiro atoms. The molecule has 0 fully saturated rings. The van der Waals surface area contributed by atoms with Crippen molar-refractivity contribution in [3.05, 3.63) is 107 Å². The third-order valence-electron chi connectivity index (χ3n) is 6.09. The maximum Gasteiger partial charge on any atom is 0.303 e. The van der Waals surface area contributed by atoms with Gasteiger partial charge in [-0.2, -0.15) is 0 Å². The second kappa shape index (κ2) is 10.5. The van der Waals surface area contributed by atoms with Crippen molar-refractivity contribution < 1.29 is 14.7 Å². The Bertz CT molecular complexity index is 1300. The number of hydrogen-bond donors (Lipinski definition) is 1. The summed E-state index contributed by atoms with van der Waals surface area (Å²) in [5.41, 5.74) is 5.96. The molecule has 1 aromatic heterocycles. The first-order valence-electron chi connectivity index (χ1n) is 11.9. The largest absolute Gasteiger partial charge is 0.481 e. The minimum atomic E-state index is -0.806. The molecule has 4 aromatic rings. The van der Waals surface area contributed by atoms with Crippen LogP contribution >= 0.6 is 0 Å². The molecule has 0 saturated carbocycles. The molecule has 4 heteroatoms. The predicted octanol–water partition coefficient (Wildman–Crippen LogP) is 6.53. The van der Waals surface area contributed by atoms with Gasteiger partial charge >= 0.3 is 5.97 Å². The van der Waals surface area contributed by atoms with Gasteiger partial charge < -0.3 is 9.67 Å². The number of nitrogens with zero attached hydrogens (tertiary/aromatic N) is 1. The quantitative estimate of drug-likeness (QED) is 0.278. The van der Waals surface area contributed by atoms with Crippen molar-refractivity contribution in [3.63, 3.8) is 0 Å². The maximum absolute atomic E-state index is 13.5. The van der Waals surface area contributed by atoms with Crippen molar-refractivity contribution in [1.29, 1.82) is 0 Å². The van der Waals surface area contributed by atoms with E-state index < -0.39 is 5.97 Å². The Balaban J connectivity index is 1.56. The molecular formula is C30H31NO3.